The minimum atomic E-state index is -0.280. The first-order valence-electron chi connectivity index (χ1n) is 6.72. The van der Waals surface area contributed by atoms with Crippen LogP contribution < -0.4 is 0 Å². The number of aryl methyl sites for hydroxylation is 1. The number of hydrogen-bond donors (Lipinski definition) is 0. The van der Waals surface area contributed by atoms with Crippen LogP contribution in [0.15, 0.2) is 36.4 Å². The van der Waals surface area contributed by atoms with Crippen LogP contribution in [0.1, 0.15) is 27.6 Å². The summed E-state index contributed by atoms with van der Waals surface area (Å²) < 4.78 is 13.5. The molecule has 0 amide bonds. The third-order valence-corrected chi connectivity index (χ3v) is 4.99. The molecular weight excluding hydrogens is 294 g/mol. The first-order chi connectivity index (χ1) is 9.56. The highest BCUT2D eigenvalue weighted by Crippen LogP contribution is 2.41. The lowest BCUT2D eigenvalue weighted by Gasteiger charge is -2.19. The van der Waals surface area contributed by atoms with Crippen LogP contribution in [0, 0.1) is 18.7 Å². The summed E-state index contributed by atoms with van der Waals surface area (Å²) in [4.78, 5) is 0. The predicted octanol–water partition coefficient (Wildman–Crippen LogP) is 5.48. The van der Waals surface area contributed by atoms with Gasteiger partial charge < -0.3 is 0 Å². The SMILES string of the molecule is Cc1cc(C(Cl)C2Cc3ccccc3C2)c(Cl)cc1F. The molecule has 104 valence electrons. The van der Waals surface area contributed by atoms with Crippen LogP contribution in [0.25, 0.3) is 0 Å². The van der Waals surface area contributed by atoms with Crippen molar-refractivity contribution in [3.63, 3.8) is 0 Å². The van der Waals surface area contributed by atoms with E-state index in [-0.39, 0.29) is 11.2 Å². The Morgan fingerprint density at radius 2 is 1.75 bits per heavy atom. The highest BCUT2D eigenvalue weighted by molar-refractivity contribution is 6.32. The molecule has 1 aliphatic carbocycles. The smallest absolute Gasteiger partial charge is 0.127 e. The van der Waals surface area contributed by atoms with Crippen molar-refractivity contribution in [2.75, 3.05) is 0 Å². The van der Waals surface area contributed by atoms with E-state index in [9.17, 15) is 4.39 Å². The van der Waals surface area contributed by atoms with Crippen LogP contribution in [-0.4, -0.2) is 0 Å². The summed E-state index contributed by atoms with van der Waals surface area (Å²) in [5.41, 5.74) is 4.15. The molecule has 0 nitrogen and oxygen atoms in total. The van der Waals surface area contributed by atoms with E-state index in [4.69, 9.17) is 23.2 Å². The molecule has 0 spiro atoms. The highest BCUT2D eigenvalue weighted by Gasteiger charge is 2.29. The fourth-order valence-corrected chi connectivity index (χ4v) is 3.63. The molecule has 3 rings (SSSR count). The normalized spacial score (nSPS) is 16.2. The molecule has 3 heteroatoms. The van der Waals surface area contributed by atoms with E-state index in [0.717, 1.165) is 18.4 Å². The molecule has 0 aliphatic heterocycles. The number of rotatable bonds is 2. The number of benzene rings is 2. The molecule has 2 aromatic rings. The highest BCUT2D eigenvalue weighted by atomic mass is 35.5. The molecule has 20 heavy (non-hydrogen) atoms. The number of fused-ring (bicyclic) bond motifs is 1. The van der Waals surface area contributed by atoms with E-state index >= 15 is 0 Å². The van der Waals surface area contributed by atoms with E-state index in [0.29, 0.717) is 16.5 Å². The Hall–Kier alpha value is -1.05. The molecule has 0 bridgehead atoms. The van der Waals surface area contributed by atoms with Gasteiger partial charge in [-0.2, -0.15) is 0 Å². The quantitative estimate of drug-likeness (QED) is 0.644. The molecular formula is C17H15Cl2F. The Morgan fingerprint density at radius 3 is 2.35 bits per heavy atom. The molecule has 0 fully saturated rings. The second kappa shape index (κ2) is 5.38. The first-order valence-corrected chi connectivity index (χ1v) is 7.54. The summed E-state index contributed by atoms with van der Waals surface area (Å²) in [6, 6.07) is 11.5. The first kappa shape index (κ1) is 13.9. The minimum absolute atomic E-state index is 0.186. The van der Waals surface area contributed by atoms with Crippen molar-refractivity contribution in [2.45, 2.75) is 25.1 Å². The third kappa shape index (κ3) is 2.45. The van der Waals surface area contributed by atoms with Crippen molar-refractivity contribution >= 4 is 23.2 Å². The average molecular weight is 309 g/mol. The monoisotopic (exact) mass is 308 g/mol. The van der Waals surface area contributed by atoms with Gasteiger partial charge in [-0.3, -0.25) is 0 Å². The molecule has 0 heterocycles. The van der Waals surface area contributed by atoms with Gasteiger partial charge in [0.1, 0.15) is 5.82 Å². The summed E-state index contributed by atoms with van der Waals surface area (Å²) >= 11 is 12.8. The molecule has 0 saturated heterocycles. The van der Waals surface area contributed by atoms with Crippen LogP contribution in [0.2, 0.25) is 5.02 Å². The van der Waals surface area contributed by atoms with Gasteiger partial charge in [-0.1, -0.05) is 41.9 Å². The Labute approximate surface area is 128 Å². The van der Waals surface area contributed by atoms with Gasteiger partial charge in [-0.05, 0) is 54.0 Å². The molecule has 0 N–H and O–H groups in total. The van der Waals surface area contributed by atoms with Gasteiger partial charge in [0.05, 0.1) is 5.38 Å². The Balaban J connectivity index is 1.88. The van der Waals surface area contributed by atoms with Crippen molar-refractivity contribution in [2.24, 2.45) is 5.92 Å². The van der Waals surface area contributed by atoms with Gasteiger partial charge >= 0.3 is 0 Å². The van der Waals surface area contributed by atoms with Gasteiger partial charge in [0, 0.05) is 5.02 Å². The summed E-state index contributed by atoms with van der Waals surface area (Å²) in [6.07, 6.45) is 1.91. The van der Waals surface area contributed by atoms with Gasteiger partial charge in [0.15, 0.2) is 0 Å². The van der Waals surface area contributed by atoms with Crippen molar-refractivity contribution < 1.29 is 4.39 Å². The van der Waals surface area contributed by atoms with Crippen LogP contribution in [0.4, 0.5) is 4.39 Å². The number of halogens is 3. The van der Waals surface area contributed by atoms with E-state index in [1.807, 2.05) is 0 Å². The molecule has 0 saturated carbocycles. The van der Waals surface area contributed by atoms with Gasteiger partial charge in [0.25, 0.3) is 0 Å². The lowest BCUT2D eigenvalue weighted by molar-refractivity contribution is 0.539. The third-order valence-electron chi connectivity index (χ3n) is 4.07. The number of hydrogen-bond acceptors (Lipinski definition) is 0. The lowest BCUT2D eigenvalue weighted by Crippen LogP contribution is -2.09. The topological polar surface area (TPSA) is 0 Å². The zero-order valence-corrected chi connectivity index (χ0v) is 12.7. The molecule has 1 aliphatic rings. The maximum Gasteiger partial charge on any atom is 0.127 e. The van der Waals surface area contributed by atoms with E-state index in [2.05, 4.69) is 24.3 Å². The molecule has 2 aromatic carbocycles. The molecule has 1 atom stereocenters. The lowest BCUT2D eigenvalue weighted by atomic mass is 9.95. The molecule has 0 aromatic heterocycles. The standard InChI is InChI=1S/C17H15Cl2F/c1-10-6-14(15(18)9-16(10)20)17(19)13-7-11-4-2-3-5-12(11)8-13/h2-6,9,13,17H,7-8H2,1H3. The largest absolute Gasteiger partial charge is 0.207 e. The van der Waals surface area contributed by atoms with Crippen molar-refractivity contribution in [3.05, 3.63) is 69.5 Å². The van der Waals surface area contributed by atoms with Crippen LogP contribution in [-0.2, 0) is 12.8 Å². The zero-order valence-electron chi connectivity index (χ0n) is 11.2. The fourth-order valence-electron chi connectivity index (χ4n) is 2.94. The van der Waals surface area contributed by atoms with Gasteiger partial charge in [-0.25, -0.2) is 4.39 Å². The predicted molar refractivity (Wildman–Crippen MR) is 82.1 cm³/mol. The maximum atomic E-state index is 13.5. The van der Waals surface area contributed by atoms with Gasteiger partial charge in [-0.15, -0.1) is 11.6 Å². The Bertz CT molecular complexity index is 626. The van der Waals surface area contributed by atoms with Crippen molar-refractivity contribution in [1.82, 2.24) is 0 Å². The summed E-state index contributed by atoms with van der Waals surface area (Å²) in [5.74, 6) is 0.0359. The van der Waals surface area contributed by atoms with Gasteiger partial charge in [0.2, 0.25) is 0 Å². The average Bonchev–Trinajstić information content (AvgIpc) is 2.86. The van der Waals surface area contributed by atoms with E-state index in [1.54, 1.807) is 13.0 Å². The zero-order chi connectivity index (χ0) is 14.3. The summed E-state index contributed by atoms with van der Waals surface area (Å²) in [7, 11) is 0. The molecule has 0 radical (unpaired) electrons. The fraction of sp³-hybridized carbons (Fsp3) is 0.294. The summed E-state index contributed by atoms with van der Waals surface area (Å²) in [6.45, 7) is 1.74. The molecule has 1 unspecified atom stereocenters. The Kier molecular flexibility index (Phi) is 3.74. The van der Waals surface area contributed by atoms with E-state index < -0.39 is 0 Å². The minimum Gasteiger partial charge on any atom is -0.207 e. The van der Waals surface area contributed by atoms with E-state index in [1.165, 1.54) is 17.2 Å². The summed E-state index contributed by atoms with van der Waals surface area (Å²) in [5, 5.41) is 0.234. The maximum absolute atomic E-state index is 13.5. The van der Waals surface area contributed by atoms with Crippen molar-refractivity contribution in [1.29, 1.82) is 0 Å². The van der Waals surface area contributed by atoms with Crippen LogP contribution in [0.5, 0.6) is 0 Å². The second-order valence-electron chi connectivity index (χ2n) is 5.46. The van der Waals surface area contributed by atoms with Crippen LogP contribution >= 0.6 is 23.2 Å². The number of alkyl halides is 1. The van der Waals surface area contributed by atoms with Crippen LogP contribution in [0.3, 0.4) is 0 Å². The Morgan fingerprint density at radius 1 is 1.15 bits per heavy atom. The second-order valence-corrected chi connectivity index (χ2v) is 6.34. The van der Waals surface area contributed by atoms with Crippen molar-refractivity contribution in [3.8, 4) is 0 Å².